The van der Waals surface area contributed by atoms with Gasteiger partial charge in [-0.3, -0.25) is 0 Å². The van der Waals surface area contributed by atoms with Gasteiger partial charge in [-0.05, 0) is 41.5 Å². The Morgan fingerprint density at radius 2 is 1.95 bits per heavy atom. The van der Waals surface area contributed by atoms with Gasteiger partial charge < -0.3 is 0 Å². The maximum Gasteiger partial charge on any atom is -0.0212 e. The lowest BCUT2D eigenvalue weighted by atomic mass is 9.85. The van der Waals surface area contributed by atoms with Crippen LogP contribution in [0.3, 0.4) is 0 Å². The zero-order valence-corrected chi connectivity index (χ0v) is 12.3. The molecule has 1 aromatic carbocycles. The smallest absolute Gasteiger partial charge is 0.0212 e. The van der Waals surface area contributed by atoms with Crippen LogP contribution < -0.4 is 0 Å². The van der Waals surface area contributed by atoms with E-state index in [2.05, 4.69) is 69.0 Å². The zero-order chi connectivity index (χ0) is 14.4. The van der Waals surface area contributed by atoms with Crippen LogP contribution in [-0.4, -0.2) is 0 Å². The summed E-state index contributed by atoms with van der Waals surface area (Å²) in [6.07, 6.45) is 13.7. The molecule has 2 rings (SSSR count). The van der Waals surface area contributed by atoms with Crippen LogP contribution >= 0.6 is 0 Å². The lowest BCUT2D eigenvalue weighted by Gasteiger charge is -2.19. The molecule has 0 bridgehead atoms. The third-order valence-corrected chi connectivity index (χ3v) is 3.53. The van der Waals surface area contributed by atoms with E-state index in [1.165, 1.54) is 22.3 Å². The fourth-order valence-corrected chi connectivity index (χ4v) is 2.48. The Bertz CT molecular complexity index is 580. The molecule has 0 aliphatic heterocycles. The Labute approximate surface area is 122 Å². The zero-order valence-electron chi connectivity index (χ0n) is 12.3. The SMILES string of the molecule is C=C/C=C\C=C(/C)C1=CC(C)CC(c2ccccc2)=C1. The van der Waals surface area contributed by atoms with Crippen LogP contribution in [-0.2, 0) is 0 Å². The maximum absolute atomic E-state index is 3.69. The molecule has 0 saturated heterocycles. The fraction of sp³-hybridized carbons (Fsp3) is 0.200. The van der Waals surface area contributed by atoms with Crippen LogP contribution in [0.25, 0.3) is 5.57 Å². The van der Waals surface area contributed by atoms with Gasteiger partial charge in [0, 0.05) is 0 Å². The molecule has 0 nitrogen and oxygen atoms in total. The van der Waals surface area contributed by atoms with Crippen LogP contribution in [0.4, 0.5) is 0 Å². The van der Waals surface area contributed by atoms with E-state index in [1.807, 2.05) is 12.2 Å². The molecule has 0 saturated carbocycles. The Hall–Kier alpha value is -2.08. The van der Waals surface area contributed by atoms with E-state index in [1.54, 1.807) is 6.08 Å². The van der Waals surface area contributed by atoms with E-state index in [0.29, 0.717) is 5.92 Å². The molecule has 0 radical (unpaired) electrons. The Morgan fingerprint density at radius 1 is 1.20 bits per heavy atom. The molecule has 1 aromatic rings. The first-order chi connectivity index (χ1) is 9.70. The summed E-state index contributed by atoms with van der Waals surface area (Å²) in [6, 6.07) is 10.7. The second-order valence-electron chi connectivity index (χ2n) is 5.31. The average Bonchev–Trinajstić information content (AvgIpc) is 2.47. The van der Waals surface area contributed by atoms with Crippen molar-refractivity contribution >= 4 is 5.57 Å². The van der Waals surface area contributed by atoms with Crippen molar-refractivity contribution in [3.05, 3.63) is 90.1 Å². The van der Waals surface area contributed by atoms with Gasteiger partial charge >= 0.3 is 0 Å². The van der Waals surface area contributed by atoms with Crippen molar-refractivity contribution in [2.45, 2.75) is 20.3 Å². The normalized spacial score (nSPS) is 19.7. The topological polar surface area (TPSA) is 0 Å². The van der Waals surface area contributed by atoms with E-state index in [4.69, 9.17) is 0 Å². The quantitative estimate of drug-likeness (QED) is 0.608. The minimum atomic E-state index is 0.581. The lowest BCUT2D eigenvalue weighted by molar-refractivity contribution is 0.742. The van der Waals surface area contributed by atoms with Crippen molar-refractivity contribution in [2.75, 3.05) is 0 Å². The van der Waals surface area contributed by atoms with E-state index in [0.717, 1.165) is 6.42 Å². The van der Waals surface area contributed by atoms with Crippen LogP contribution in [0.2, 0.25) is 0 Å². The summed E-state index contributed by atoms with van der Waals surface area (Å²) in [5.41, 5.74) is 5.38. The summed E-state index contributed by atoms with van der Waals surface area (Å²) in [7, 11) is 0. The molecule has 0 amide bonds. The molecular weight excluding hydrogens is 240 g/mol. The van der Waals surface area contributed by atoms with Crippen LogP contribution in [0, 0.1) is 5.92 Å². The third-order valence-electron chi connectivity index (χ3n) is 3.53. The second-order valence-corrected chi connectivity index (χ2v) is 5.31. The molecule has 0 heterocycles. The van der Waals surface area contributed by atoms with Crippen LogP contribution in [0.5, 0.6) is 0 Å². The third kappa shape index (κ3) is 3.71. The van der Waals surface area contributed by atoms with Crippen molar-refractivity contribution in [1.29, 1.82) is 0 Å². The second kappa shape index (κ2) is 6.91. The highest BCUT2D eigenvalue weighted by Crippen LogP contribution is 2.32. The van der Waals surface area contributed by atoms with E-state index < -0.39 is 0 Å². The molecule has 1 unspecified atom stereocenters. The van der Waals surface area contributed by atoms with Crippen molar-refractivity contribution < 1.29 is 0 Å². The molecule has 0 N–H and O–H groups in total. The van der Waals surface area contributed by atoms with Crippen molar-refractivity contribution in [1.82, 2.24) is 0 Å². The first-order valence-corrected chi connectivity index (χ1v) is 7.15. The van der Waals surface area contributed by atoms with Gasteiger partial charge in [-0.1, -0.05) is 80.3 Å². The average molecular weight is 262 g/mol. The molecule has 1 aliphatic rings. The standard InChI is InChI=1S/C20H22/c1-4-5-7-10-17(3)19-13-16(2)14-20(15-19)18-11-8-6-9-12-18/h4-13,15-16H,1,14H2,2-3H3/b7-5-,17-10+. The Balaban J connectivity index is 2.29. The van der Waals surface area contributed by atoms with Gasteiger partial charge in [0.1, 0.15) is 0 Å². The largest absolute Gasteiger partial charge is 0.0991 e. The van der Waals surface area contributed by atoms with Gasteiger partial charge in [0.25, 0.3) is 0 Å². The number of allylic oxidation sites excluding steroid dienone is 9. The van der Waals surface area contributed by atoms with Gasteiger partial charge in [0.2, 0.25) is 0 Å². The molecule has 20 heavy (non-hydrogen) atoms. The Kier molecular flexibility index (Phi) is 4.95. The lowest BCUT2D eigenvalue weighted by Crippen LogP contribution is -2.02. The number of benzene rings is 1. The summed E-state index contributed by atoms with van der Waals surface area (Å²) >= 11 is 0. The predicted octanol–water partition coefficient (Wildman–Crippen LogP) is 5.72. The van der Waals surface area contributed by atoms with Crippen LogP contribution in [0.1, 0.15) is 25.8 Å². The number of rotatable bonds is 4. The predicted molar refractivity (Wildman–Crippen MR) is 89.4 cm³/mol. The van der Waals surface area contributed by atoms with Crippen molar-refractivity contribution in [3.63, 3.8) is 0 Å². The van der Waals surface area contributed by atoms with Gasteiger partial charge in [-0.15, -0.1) is 0 Å². The van der Waals surface area contributed by atoms with Gasteiger partial charge in [-0.25, -0.2) is 0 Å². The molecule has 0 heteroatoms. The highest BCUT2D eigenvalue weighted by Gasteiger charge is 2.13. The van der Waals surface area contributed by atoms with Gasteiger partial charge in [0.05, 0.1) is 0 Å². The van der Waals surface area contributed by atoms with E-state index in [9.17, 15) is 0 Å². The molecule has 1 aliphatic carbocycles. The molecule has 102 valence electrons. The van der Waals surface area contributed by atoms with Gasteiger partial charge in [0.15, 0.2) is 0 Å². The number of hydrogen-bond donors (Lipinski definition) is 0. The van der Waals surface area contributed by atoms with Gasteiger partial charge in [-0.2, -0.15) is 0 Å². The molecule has 0 aromatic heterocycles. The number of hydrogen-bond acceptors (Lipinski definition) is 0. The summed E-state index contributed by atoms with van der Waals surface area (Å²) in [4.78, 5) is 0. The molecular formula is C20H22. The maximum atomic E-state index is 3.69. The summed E-state index contributed by atoms with van der Waals surface area (Å²) < 4.78 is 0. The van der Waals surface area contributed by atoms with Crippen molar-refractivity contribution in [2.24, 2.45) is 5.92 Å². The highest BCUT2D eigenvalue weighted by atomic mass is 14.2. The van der Waals surface area contributed by atoms with Crippen molar-refractivity contribution in [3.8, 4) is 0 Å². The Morgan fingerprint density at radius 3 is 2.65 bits per heavy atom. The van der Waals surface area contributed by atoms with E-state index in [-0.39, 0.29) is 0 Å². The summed E-state index contributed by atoms with van der Waals surface area (Å²) in [5.74, 6) is 0.581. The minimum absolute atomic E-state index is 0.581. The minimum Gasteiger partial charge on any atom is -0.0991 e. The van der Waals surface area contributed by atoms with E-state index >= 15 is 0 Å². The highest BCUT2D eigenvalue weighted by molar-refractivity contribution is 5.71. The first kappa shape index (κ1) is 14.3. The summed E-state index contributed by atoms with van der Waals surface area (Å²) in [5, 5.41) is 0. The first-order valence-electron chi connectivity index (χ1n) is 7.15. The molecule has 0 spiro atoms. The molecule has 1 atom stereocenters. The fourth-order valence-electron chi connectivity index (χ4n) is 2.48. The van der Waals surface area contributed by atoms with Crippen LogP contribution in [0.15, 0.2) is 84.5 Å². The molecule has 0 fully saturated rings. The monoisotopic (exact) mass is 262 g/mol. The summed E-state index contributed by atoms with van der Waals surface area (Å²) in [6.45, 7) is 8.13.